The van der Waals surface area contributed by atoms with Crippen molar-refractivity contribution in [1.29, 1.82) is 0 Å². The second-order valence-electron chi connectivity index (χ2n) is 5.91. The van der Waals surface area contributed by atoms with Crippen LogP contribution >= 0.6 is 0 Å². The van der Waals surface area contributed by atoms with Gasteiger partial charge in [-0.05, 0) is 24.1 Å². The molecule has 0 radical (unpaired) electrons. The number of anilines is 1. The van der Waals surface area contributed by atoms with Gasteiger partial charge in [0.25, 0.3) is 5.91 Å². The summed E-state index contributed by atoms with van der Waals surface area (Å²) in [5.41, 5.74) is 1.23. The van der Waals surface area contributed by atoms with Crippen LogP contribution in [-0.4, -0.2) is 36.3 Å². The molecule has 7 nitrogen and oxygen atoms in total. The average molecular weight is 342 g/mol. The largest absolute Gasteiger partial charge is 0.454 e. The standard InChI is InChI=1S/C18H22N4O3/c1-3-4-7-22(2)17-11-19-14(10-20-17)18(23)21-9-13-5-6-15-16(8-13)25-12-24-15/h5-6,8,10-11H,3-4,7,9,12H2,1-2H3,(H,21,23). The lowest BCUT2D eigenvalue weighted by Crippen LogP contribution is -2.25. The Kier molecular flexibility index (Phi) is 5.33. The van der Waals surface area contributed by atoms with Crippen LogP contribution in [0.3, 0.4) is 0 Å². The molecule has 0 aliphatic carbocycles. The van der Waals surface area contributed by atoms with Crippen molar-refractivity contribution in [2.75, 3.05) is 25.3 Å². The zero-order chi connectivity index (χ0) is 17.6. The third-order valence-electron chi connectivity index (χ3n) is 4.00. The number of hydrogen-bond donors (Lipinski definition) is 1. The molecule has 0 saturated heterocycles. The molecule has 0 spiro atoms. The van der Waals surface area contributed by atoms with Crippen LogP contribution in [0.2, 0.25) is 0 Å². The van der Waals surface area contributed by atoms with Gasteiger partial charge in [0.2, 0.25) is 6.79 Å². The molecule has 2 heterocycles. The van der Waals surface area contributed by atoms with Crippen molar-refractivity contribution in [2.24, 2.45) is 0 Å². The summed E-state index contributed by atoms with van der Waals surface area (Å²) >= 11 is 0. The highest BCUT2D eigenvalue weighted by Gasteiger charge is 2.14. The number of nitrogens with zero attached hydrogens (tertiary/aromatic N) is 3. The third kappa shape index (κ3) is 4.17. The first-order valence-corrected chi connectivity index (χ1v) is 8.37. The molecule has 0 bridgehead atoms. The Morgan fingerprint density at radius 2 is 2.08 bits per heavy atom. The fourth-order valence-electron chi connectivity index (χ4n) is 2.47. The van der Waals surface area contributed by atoms with Crippen molar-refractivity contribution in [2.45, 2.75) is 26.3 Å². The van der Waals surface area contributed by atoms with Gasteiger partial charge < -0.3 is 19.7 Å². The van der Waals surface area contributed by atoms with Crippen LogP contribution in [0.5, 0.6) is 11.5 Å². The van der Waals surface area contributed by atoms with Crippen molar-refractivity contribution in [3.05, 3.63) is 41.9 Å². The second kappa shape index (κ2) is 7.83. The number of rotatable bonds is 7. The predicted molar refractivity (Wildman–Crippen MR) is 93.9 cm³/mol. The lowest BCUT2D eigenvalue weighted by atomic mass is 10.2. The van der Waals surface area contributed by atoms with Gasteiger partial charge in [-0.3, -0.25) is 4.79 Å². The summed E-state index contributed by atoms with van der Waals surface area (Å²) in [7, 11) is 1.97. The zero-order valence-electron chi connectivity index (χ0n) is 14.5. The number of carbonyl (C=O) groups is 1. The van der Waals surface area contributed by atoms with Crippen LogP contribution in [0.15, 0.2) is 30.6 Å². The van der Waals surface area contributed by atoms with E-state index in [1.807, 2.05) is 30.1 Å². The molecule has 0 saturated carbocycles. The van der Waals surface area contributed by atoms with Crippen molar-refractivity contribution in [3.63, 3.8) is 0 Å². The molecule has 1 aliphatic heterocycles. The Labute approximate surface area is 147 Å². The van der Waals surface area contributed by atoms with Crippen LogP contribution in [0.25, 0.3) is 0 Å². The Bertz CT molecular complexity index is 734. The molecule has 7 heteroatoms. The van der Waals surface area contributed by atoms with E-state index in [0.717, 1.165) is 36.5 Å². The van der Waals surface area contributed by atoms with Gasteiger partial charge in [0.15, 0.2) is 11.5 Å². The van der Waals surface area contributed by atoms with E-state index in [1.165, 1.54) is 6.20 Å². The molecule has 0 atom stereocenters. The predicted octanol–water partition coefficient (Wildman–Crippen LogP) is 2.37. The Hall–Kier alpha value is -2.83. The average Bonchev–Trinajstić information content (AvgIpc) is 3.12. The van der Waals surface area contributed by atoms with Crippen molar-refractivity contribution in [3.8, 4) is 11.5 Å². The first-order chi connectivity index (χ1) is 12.2. The molecule has 1 aromatic carbocycles. The van der Waals surface area contributed by atoms with Gasteiger partial charge >= 0.3 is 0 Å². The molecule has 0 fully saturated rings. The monoisotopic (exact) mass is 342 g/mol. The van der Waals surface area contributed by atoms with Gasteiger partial charge in [-0.15, -0.1) is 0 Å². The smallest absolute Gasteiger partial charge is 0.271 e. The molecule has 3 rings (SSSR count). The normalized spacial score (nSPS) is 12.1. The van der Waals surface area contributed by atoms with Gasteiger partial charge in [0.05, 0.1) is 12.4 Å². The van der Waals surface area contributed by atoms with Crippen LogP contribution < -0.4 is 19.7 Å². The molecular weight excluding hydrogens is 320 g/mol. The summed E-state index contributed by atoms with van der Waals surface area (Å²) < 4.78 is 10.6. The Morgan fingerprint density at radius 3 is 2.84 bits per heavy atom. The zero-order valence-corrected chi connectivity index (χ0v) is 14.5. The minimum absolute atomic E-state index is 0.236. The number of carbonyl (C=O) groups excluding carboxylic acids is 1. The molecular formula is C18H22N4O3. The highest BCUT2D eigenvalue weighted by molar-refractivity contribution is 5.91. The van der Waals surface area contributed by atoms with Crippen molar-refractivity contribution < 1.29 is 14.3 Å². The lowest BCUT2D eigenvalue weighted by molar-refractivity contribution is 0.0945. The summed E-state index contributed by atoms with van der Waals surface area (Å²) in [5.74, 6) is 1.93. The van der Waals surface area contributed by atoms with Gasteiger partial charge in [-0.2, -0.15) is 0 Å². The highest BCUT2D eigenvalue weighted by Crippen LogP contribution is 2.32. The molecule has 0 unspecified atom stereocenters. The summed E-state index contributed by atoms with van der Waals surface area (Å²) in [5, 5.41) is 2.84. The van der Waals surface area contributed by atoms with Crippen LogP contribution in [0, 0.1) is 0 Å². The van der Waals surface area contributed by atoms with E-state index in [9.17, 15) is 4.79 Å². The summed E-state index contributed by atoms with van der Waals surface area (Å²) in [4.78, 5) is 22.8. The minimum atomic E-state index is -0.257. The summed E-state index contributed by atoms with van der Waals surface area (Å²) in [6.45, 7) is 3.68. The van der Waals surface area contributed by atoms with E-state index in [-0.39, 0.29) is 12.7 Å². The van der Waals surface area contributed by atoms with E-state index >= 15 is 0 Å². The number of benzene rings is 1. The number of fused-ring (bicyclic) bond motifs is 1. The first-order valence-electron chi connectivity index (χ1n) is 8.37. The van der Waals surface area contributed by atoms with Gasteiger partial charge in [-0.1, -0.05) is 19.4 Å². The fraction of sp³-hybridized carbons (Fsp3) is 0.389. The molecule has 132 valence electrons. The SMILES string of the molecule is CCCCN(C)c1cnc(C(=O)NCc2ccc3c(c2)OCO3)cn1. The van der Waals surface area contributed by atoms with Crippen LogP contribution in [0.4, 0.5) is 5.82 Å². The maximum atomic E-state index is 12.2. The second-order valence-corrected chi connectivity index (χ2v) is 5.91. The first kappa shape index (κ1) is 17.0. The molecule has 1 amide bonds. The van der Waals surface area contributed by atoms with Crippen molar-refractivity contribution in [1.82, 2.24) is 15.3 Å². The third-order valence-corrected chi connectivity index (χ3v) is 4.00. The maximum absolute atomic E-state index is 12.2. The lowest BCUT2D eigenvalue weighted by Gasteiger charge is -2.17. The summed E-state index contributed by atoms with van der Waals surface area (Å²) in [6, 6.07) is 5.59. The van der Waals surface area contributed by atoms with E-state index in [4.69, 9.17) is 9.47 Å². The highest BCUT2D eigenvalue weighted by atomic mass is 16.7. The Balaban J connectivity index is 1.56. The number of unbranched alkanes of at least 4 members (excludes halogenated alkanes) is 1. The number of ether oxygens (including phenoxy) is 2. The van der Waals surface area contributed by atoms with Crippen LogP contribution in [0.1, 0.15) is 35.8 Å². The molecule has 25 heavy (non-hydrogen) atoms. The molecule has 1 aliphatic rings. The molecule has 1 N–H and O–H groups in total. The molecule has 2 aromatic rings. The number of aromatic nitrogens is 2. The number of amides is 1. The van der Waals surface area contributed by atoms with E-state index < -0.39 is 0 Å². The van der Waals surface area contributed by atoms with Crippen molar-refractivity contribution >= 4 is 11.7 Å². The van der Waals surface area contributed by atoms with Gasteiger partial charge in [0, 0.05) is 20.1 Å². The number of nitrogens with one attached hydrogen (secondary N) is 1. The number of hydrogen-bond acceptors (Lipinski definition) is 6. The molecule has 1 aromatic heterocycles. The maximum Gasteiger partial charge on any atom is 0.271 e. The quantitative estimate of drug-likeness (QED) is 0.832. The fourth-order valence-corrected chi connectivity index (χ4v) is 2.47. The summed E-state index contributed by atoms with van der Waals surface area (Å²) in [6.07, 6.45) is 5.35. The van der Waals surface area contributed by atoms with E-state index in [2.05, 4.69) is 22.2 Å². The Morgan fingerprint density at radius 1 is 1.24 bits per heavy atom. The minimum Gasteiger partial charge on any atom is -0.454 e. The topological polar surface area (TPSA) is 76.6 Å². The van der Waals surface area contributed by atoms with Gasteiger partial charge in [0.1, 0.15) is 11.5 Å². The van der Waals surface area contributed by atoms with Crippen LogP contribution in [-0.2, 0) is 6.54 Å². The van der Waals surface area contributed by atoms with E-state index in [0.29, 0.717) is 18.0 Å². The van der Waals surface area contributed by atoms with E-state index in [1.54, 1.807) is 6.20 Å². The van der Waals surface area contributed by atoms with Gasteiger partial charge in [-0.25, -0.2) is 9.97 Å².